The summed E-state index contributed by atoms with van der Waals surface area (Å²) in [5.74, 6) is 0. The Balaban J connectivity index is 1.89. The molecule has 0 amide bonds. The molecule has 96 valence electrons. The predicted molar refractivity (Wildman–Crippen MR) is 77.0 cm³/mol. The van der Waals surface area contributed by atoms with Crippen molar-refractivity contribution in [2.24, 2.45) is 0 Å². The van der Waals surface area contributed by atoms with Crippen molar-refractivity contribution in [3.63, 3.8) is 0 Å². The molecule has 3 rings (SSSR count). The van der Waals surface area contributed by atoms with Crippen LogP contribution in [0.15, 0.2) is 52.9 Å². The van der Waals surface area contributed by atoms with Gasteiger partial charge in [0.2, 0.25) is 0 Å². The van der Waals surface area contributed by atoms with Crippen molar-refractivity contribution in [1.29, 1.82) is 0 Å². The number of nitrogens with zero attached hydrogens (tertiary/aromatic N) is 2. The highest BCUT2D eigenvalue weighted by Crippen LogP contribution is 2.25. The number of nitrogen functional groups attached to an aromatic ring is 1. The second-order valence-corrected chi connectivity index (χ2v) is 4.53. The molecule has 0 bridgehead atoms. The summed E-state index contributed by atoms with van der Waals surface area (Å²) in [5, 5.41) is 0. The smallest absolute Gasteiger partial charge is 0.298 e. The van der Waals surface area contributed by atoms with E-state index in [1.165, 1.54) is 5.56 Å². The predicted octanol–water partition coefficient (Wildman–Crippen LogP) is 3.05. The van der Waals surface area contributed by atoms with Crippen molar-refractivity contribution < 1.29 is 4.42 Å². The minimum Gasteiger partial charge on any atom is -0.423 e. The molecule has 0 aliphatic carbocycles. The normalized spacial score (nSPS) is 10.8. The lowest BCUT2D eigenvalue weighted by Crippen LogP contribution is -2.16. The average Bonchev–Trinajstić information content (AvgIpc) is 2.85. The van der Waals surface area contributed by atoms with E-state index in [-0.39, 0.29) is 0 Å². The van der Waals surface area contributed by atoms with Gasteiger partial charge in [-0.05, 0) is 17.7 Å². The minimum absolute atomic E-state index is 0.580. The maximum Gasteiger partial charge on any atom is 0.298 e. The lowest BCUT2D eigenvalue weighted by molar-refractivity contribution is 0.582. The SMILES string of the molecule is CN(Cc1ccccc1)c1nc2c(N)cccc2o1. The van der Waals surface area contributed by atoms with Crippen LogP contribution in [0, 0.1) is 0 Å². The summed E-state index contributed by atoms with van der Waals surface area (Å²) in [4.78, 5) is 6.41. The quantitative estimate of drug-likeness (QED) is 0.729. The third kappa shape index (κ3) is 2.25. The van der Waals surface area contributed by atoms with Gasteiger partial charge in [-0.3, -0.25) is 0 Å². The molecule has 0 saturated heterocycles. The van der Waals surface area contributed by atoms with Gasteiger partial charge in [0.15, 0.2) is 5.58 Å². The van der Waals surface area contributed by atoms with E-state index in [0.29, 0.717) is 11.7 Å². The van der Waals surface area contributed by atoms with Crippen LogP contribution in [0.5, 0.6) is 0 Å². The summed E-state index contributed by atoms with van der Waals surface area (Å²) < 4.78 is 5.72. The topological polar surface area (TPSA) is 55.3 Å². The number of rotatable bonds is 3. The Hall–Kier alpha value is -2.49. The summed E-state index contributed by atoms with van der Waals surface area (Å²) in [6.45, 7) is 0.744. The fraction of sp³-hybridized carbons (Fsp3) is 0.133. The first-order valence-corrected chi connectivity index (χ1v) is 6.14. The molecular formula is C15H15N3O. The molecule has 2 aromatic carbocycles. The summed E-state index contributed by atoms with van der Waals surface area (Å²) in [6.07, 6.45) is 0. The number of hydrogen-bond donors (Lipinski definition) is 1. The molecule has 0 atom stereocenters. The van der Waals surface area contributed by atoms with Crippen molar-refractivity contribution in [3.05, 3.63) is 54.1 Å². The summed E-state index contributed by atoms with van der Waals surface area (Å²) >= 11 is 0. The van der Waals surface area contributed by atoms with Crippen LogP contribution in [-0.2, 0) is 6.54 Å². The zero-order valence-electron chi connectivity index (χ0n) is 10.7. The molecule has 1 heterocycles. The first-order valence-electron chi connectivity index (χ1n) is 6.14. The molecular weight excluding hydrogens is 238 g/mol. The Bertz CT molecular complexity index is 691. The number of fused-ring (bicyclic) bond motifs is 1. The second kappa shape index (κ2) is 4.65. The monoisotopic (exact) mass is 253 g/mol. The number of hydrogen-bond acceptors (Lipinski definition) is 4. The maximum absolute atomic E-state index is 5.88. The fourth-order valence-electron chi connectivity index (χ4n) is 2.05. The fourth-order valence-corrected chi connectivity index (χ4v) is 2.05. The molecule has 0 unspecified atom stereocenters. The van der Waals surface area contributed by atoms with Gasteiger partial charge in [0.05, 0.1) is 5.69 Å². The lowest BCUT2D eigenvalue weighted by atomic mass is 10.2. The van der Waals surface area contributed by atoms with Gasteiger partial charge in [0, 0.05) is 13.6 Å². The molecule has 0 spiro atoms. The van der Waals surface area contributed by atoms with Crippen LogP contribution in [0.2, 0.25) is 0 Å². The van der Waals surface area contributed by atoms with E-state index >= 15 is 0 Å². The van der Waals surface area contributed by atoms with E-state index in [9.17, 15) is 0 Å². The van der Waals surface area contributed by atoms with Gasteiger partial charge in [-0.1, -0.05) is 36.4 Å². The van der Waals surface area contributed by atoms with E-state index in [1.54, 1.807) is 0 Å². The number of anilines is 2. The highest BCUT2D eigenvalue weighted by atomic mass is 16.4. The van der Waals surface area contributed by atoms with Crippen molar-refractivity contribution >= 4 is 22.8 Å². The Morgan fingerprint density at radius 3 is 2.63 bits per heavy atom. The maximum atomic E-state index is 5.88. The van der Waals surface area contributed by atoms with Crippen molar-refractivity contribution in [1.82, 2.24) is 4.98 Å². The molecule has 1 aromatic heterocycles. The molecule has 0 radical (unpaired) electrons. The van der Waals surface area contributed by atoms with Crippen LogP contribution in [0.4, 0.5) is 11.7 Å². The van der Waals surface area contributed by atoms with Crippen LogP contribution in [-0.4, -0.2) is 12.0 Å². The molecule has 4 heteroatoms. The average molecular weight is 253 g/mol. The molecule has 0 fully saturated rings. The Morgan fingerprint density at radius 2 is 1.89 bits per heavy atom. The number of benzene rings is 2. The lowest BCUT2D eigenvalue weighted by Gasteiger charge is -2.13. The summed E-state index contributed by atoms with van der Waals surface area (Å²) in [5.41, 5.74) is 9.17. The van der Waals surface area contributed by atoms with Crippen LogP contribution < -0.4 is 10.6 Å². The molecule has 4 nitrogen and oxygen atoms in total. The number of nitrogens with two attached hydrogens (primary N) is 1. The summed E-state index contributed by atoms with van der Waals surface area (Å²) in [6, 6.07) is 16.3. The third-order valence-electron chi connectivity index (χ3n) is 3.03. The standard InChI is InChI=1S/C15H15N3O/c1-18(10-11-6-3-2-4-7-11)15-17-14-12(16)8-5-9-13(14)19-15/h2-9H,10,16H2,1H3. The first-order chi connectivity index (χ1) is 9.24. The molecule has 0 aliphatic rings. The Kier molecular flexibility index (Phi) is 2.83. The highest BCUT2D eigenvalue weighted by molar-refractivity contribution is 5.86. The van der Waals surface area contributed by atoms with Crippen LogP contribution in [0.3, 0.4) is 0 Å². The van der Waals surface area contributed by atoms with E-state index in [2.05, 4.69) is 17.1 Å². The van der Waals surface area contributed by atoms with Crippen molar-refractivity contribution in [3.8, 4) is 0 Å². The molecule has 3 aromatic rings. The van der Waals surface area contributed by atoms with Crippen molar-refractivity contribution in [2.75, 3.05) is 17.7 Å². The largest absolute Gasteiger partial charge is 0.423 e. The number of oxazole rings is 1. The second-order valence-electron chi connectivity index (χ2n) is 4.53. The Labute approximate surface area is 111 Å². The van der Waals surface area contributed by atoms with Gasteiger partial charge in [-0.2, -0.15) is 4.98 Å². The number of para-hydroxylation sites is 1. The van der Waals surface area contributed by atoms with Gasteiger partial charge in [0.25, 0.3) is 6.01 Å². The zero-order chi connectivity index (χ0) is 13.2. The Morgan fingerprint density at radius 1 is 1.11 bits per heavy atom. The van der Waals surface area contributed by atoms with Gasteiger partial charge >= 0.3 is 0 Å². The van der Waals surface area contributed by atoms with Crippen molar-refractivity contribution in [2.45, 2.75) is 6.54 Å². The van der Waals surface area contributed by atoms with E-state index in [4.69, 9.17) is 10.2 Å². The van der Waals surface area contributed by atoms with Crippen LogP contribution in [0.1, 0.15) is 5.56 Å². The highest BCUT2D eigenvalue weighted by Gasteiger charge is 2.12. The minimum atomic E-state index is 0.580. The third-order valence-corrected chi connectivity index (χ3v) is 3.03. The zero-order valence-corrected chi connectivity index (χ0v) is 10.7. The van der Waals surface area contributed by atoms with Gasteiger partial charge in [-0.25, -0.2) is 0 Å². The molecule has 19 heavy (non-hydrogen) atoms. The summed E-state index contributed by atoms with van der Waals surface area (Å²) in [7, 11) is 1.95. The first kappa shape index (κ1) is 11.6. The van der Waals surface area contributed by atoms with Gasteiger partial charge < -0.3 is 15.1 Å². The molecule has 0 saturated carbocycles. The van der Waals surface area contributed by atoms with Crippen LogP contribution in [0.25, 0.3) is 11.1 Å². The molecule has 2 N–H and O–H groups in total. The van der Waals surface area contributed by atoms with E-state index < -0.39 is 0 Å². The van der Waals surface area contributed by atoms with E-state index in [0.717, 1.165) is 17.6 Å². The van der Waals surface area contributed by atoms with E-state index in [1.807, 2.05) is 48.3 Å². The van der Waals surface area contributed by atoms with Crippen LogP contribution >= 0.6 is 0 Å². The van der Waals surface area contributed by atoms with Gasteiger partial charge in [-0.15, -0.1) is 0 Å². The number of aromatic nitrogens is 1. The molecule has 0 aliphatic heterocycles. The van der Waals surface area contributed by atoms with Gasteiger partial charge in [0.1, 0.15) is 5.52 Å².